The van der Waals surface area contributed by atoms with E-state index in [0.717, 1.165) is 12.0 Å². The highest BCUT2D eigenvalue weighted by atomic mass is 32.1. The largest absolute Gasteiger partial charge is 0.362 e. The first kappa shape index (κ1) is 14.5. The summed E-state index contributed by atoms with van der Waals surface area (Å²) in [4.78, 5) is 0. The normalized spacial score (nSPS) is 10.1. The average molecular weight is 288 g/mol. The predicted molar refractivity (Wildman–Crippen MR) is 85.5 cm³/mol. The topological polar surface area (TPSA) is 24.1 Å². The molecule has 2 N–H and O–H groups in total. The maximum Gasteiger partial charge on any atom is 0.170 e. The summed E-state index contributed by atoms with van der Waals surface area (Å²) in [6, 6.07) is 15.2. The molecule has 0 heterocycles. The van der Waals surface area contributed by atoms with Crippen molar-refractivity contribution in [1.82, 2.24) is 5.32 Å². The lowest BCUT2D eigenvalue weighted by atomic mass is 10.1. The Kier molecular flexibility index (Phi) is 5.07. The van der Waals surface area contributed by atoms with Gasteiger partial charge in [-0.2, -0.15) is 0 Å². The molecule has 2 nitrogen and oxygen atoms in total. The van der Waals surface area contributed by atoms with Crippen LogP contribution in [-0.2, 0) is 6.42 Å². The van der Waals surface area contributed by atoms with Gasteiger partial charge in [-0.3, -0.25) is 0 Å². The third kappa shape index (κ3) is 4.31. The van der Waals surface area contributed by atoms with Gasteiger partial charge < -0.3 is 10.6 Å². The average Bonchev–Trinajstić information content (AvgIpc) is 2.43. The minimum absolute atomic E-state index is 0.294. The monoisotopic (exact) mass is 288 g/mol. The zero-order valence-electron chi connectivity index (χ0n) is 11.3. The molecule has 2 rings (SSSR count). The van der Waals surface area contributed by atoms with Crippen LogP contribution < -0.4 is 10.6 Å². The van der Waals surface area contributed by atoms with Crippen LogP contribution in [0.5, 0.6) is 0 Å². The summed E-state index contributed by atoms with van der Waals surface area (Å²) in [5.74, 6) is -0.294. The van der Waals surface area contributed by atoms with Crippen LogP contribution in [0.25, 0.3) is 0 Å². The highest BCUT2D eigenvalue weighted by Crippen LogP contribution is 2.14. The Bertz CT molecular complexity index is 584. The number of benzene rings is 2. The van der Waals surface area contributed by atoms with Gasteiger partial charge in [0.1, 0.15) is 5.82 Å². The van der Waals surface area contributed by atoms with Crippen LogP contribution >= 0.6 is 12.2 Å². The van der Waals surface area contributed by atoms with Gasteiger partial charge in [0.15, 0.2) is 5.11 Å². The zero-order valence-corrected chi connectivity index (χ0v) is 12.1. The molecule has 0 saturated carbocycles. The molecule has 2 aromatic carbocycles. The van der Waals surface area contributed by atoms with E-state index in [2.05, 4.69) is 22.8 Å². The lowest BCUT2D eigenvalue weighted by Crippen LogP contribution is -2.30. The van der Waals surface area contributed by atoms with Gasteiger partial charge in [-0.1, -0.05) is 36.4 Å². The number of anilines is 1. The molecule has 0 spiro atoms. The summed E-state index contributed by atoms with van der Waals surface area (Å²) in [5.41, 5.74) is 2.52. The van der Waals surface area contributed by atoms with E-state index < -0.39 is 0 Å². The van der Waals surface area contributed by atoms with Crippen molar-refractivity contribution in [1.29, 1.82) is 0 Å². The molecule has 4 heteroatoms. The maximum absolute atomic E-state index is 13.6. The smallest absolute Gasteiger partial charge is 0.170 e. The first-order chi connectivity index (χ1) is 9.65. The van der Waals surface area contributed by atoms with Crippen LogP contribution in [0.1, 0.15) is 11.1 Å². The minimum Gasteiger partial charge on any atom is -0.362 e. The summed E-state index contributed by atoms with van der Waals surface area (Å²) in [6.45, 7) is 2.56. The Balaban J connectivity index is 1.81. The van der Waals surface area contributed by atoms with E-state index in [1.165, 1.54) is 11.6 Å². The third-order valence-electron chi connectivity index (χ3n) is 2.91. The summed E-state index contributed by atoms with van der Waals surface area (Å²) in [5, 5.41) is 6.38. The number of nitrogens with one attached hydrogen (secondary N) is 2. The first-order valence-corrected chi connectivity index (χ1v) is 6.91. The van der Waals surface area contributed by atoms with Crippen molar-refractivity contribution in [2.45, 2.75) is 13.3 Å². The van der Waals surface area contributed by atoms with E-state index in [-0.39, 0.29) is 5.82 Å². The van der Waals surface area contributed by atoms with Gasteiger partial charge in [0, 0.05) is 6.54 Å². The van der Waals surface area contributed by atoms with Crippen LogP contribution in [-0.4, -0.2) is 11.7 Å². The first-order valence-electron chi connectivity index (χ1n) is 6.50. The molecule has 0 amide bonds. The lowest BCUT2D eigenvalue weighted by Gasteiger charge is -2.11. The summed E-state index contributed by atoms with van der Waals surface area (Å²) in [6.07, 6.45) is 0.874. The van der Waals surface area contributed by atoms with Gasteiger partial charge in [-0.25, -0.2) is 4.39 Å². The fourth-order valence-electron chi connectivity index (χ4n) is 1.85. The molecule has 0 aliphatic heterocycles. The minimum atomic E-state index is -0.294. The number of thiocarbonyl (C=S) groups is 1. The second-order valence-electron chi connectivity index (χ2n) is 4.60. The lowest BCUT2D eigenvalue weighted by molar-refractivity contribution is 0.631. The number of rotatable bonds is 4. The van der Waals surface area contributed by atoms with Crippen molar-refractivity contribution in [3.63, 3.8) is 0 Å². The van der Waals surface area contributed by atoms with Crippen molar-refractivity contribution in [2.24, 2.45) is 0 Å². The Morgan fingerprint density at radius 2 is 1.90 bits per heavy atom. The number of halogens is 1. The Morgan fingerprint density at radius 3 is 2.60 bits per heavy atom. The van der Waals surface area contributed by atoms with Gasteiger partial charge in [0.05, 0.1) is 5.69 Å². The molecule has 20 heavy (non-hydrogen) atoms. The van der Waals surface area contributed by atoms with Crippen LogP contribution in [0.3, 0.4) is 0 Å². The highest BCUT2D eigenvalue weighted by Gasteiger charge is 2.03. The van der Waals surface area contributed by atoms with Crippen molar-refractivity contribution in [3.8, 4) is 0 Å². The van der Waals surface area contributed by atoms with E-state index in [1.807, 2.05) is 31.2 Å². The van der Waals surface area contributed by atoms with E-state index in [1.54, 1.807) is 6.07 Å². The standard InChI is InChI=1S/C16H17FN2S/c1-12-7-8-15(14(17)11-12)19-16(20)18-10-9-13-5-3-2-4-6-13/h2-8,11H,9-10H2,1H3,(H2,18,19,20). The van der Waals surface area contributed by atoms with Crippen LogP contribution in [0.15, 0.2) is 48.5 Å². The van der Waals surface area contributed by atoms with Crippen molar-refractivity contribution < 1.29 is 4.39 Å². The van der Waals surface area contributed by atoms with Gasteiger partial charge in [0.2, 0.25) is 0 Å². The molecule has 0 unspecified atom stereocenters. The third-order valence-corrected chi connectivity index (χ3v) is 3.16. The SMILES string of the molecule is Cc1ccc(NC(=S)NCCc2ccccc2)c(F)c1. The molecular formula is C16H17FN2S. The van der Waals surface area contributed by atoms with Gasteiger partial charge in [0.25, 0.3) is 0 Å². The van der Waals surface area contributed by atoms with Gasteiger partial charge in [-0.05, 0) is 48.8 Å². The molecule has 104 valence electrons. The Morgan fingerprint density at radius 1 is 1.15 bits per heavy atom. The zero-order chi connectivity index (χ0) is 14.4. The molecule has 0 aliphatic carbocycles. The summed E-state index contributed by atoms with van der Waals surface area (Å²) >= 11 is 5.15. The number of hydrogen-bond donors (Lipinski definition) is 2. The summed E-state index contributed by atoms with van der Waals surface area (Å²) < 4.78 is 13.6. The second-order valence-corrected chi connectivity index (χ2v) is 5.01. The molecule has 0 radical (unpaired) electrons. The van der Waals surface area contributed by atoms with Crippen LogP contribution in [0, 0.1) is 12.7 Å². The highest BCUT2D eigenvalue weighted by molar-refractivity contribution is 7.80. The molecule has 0 saturated heterocycles. The van der Waals surface area contributed by atoms with E-state index >= 15 is 0 Å². The van der Waals surface area contributed by atoms with Crippen molar-refractivity contribution in [2.75, 3.05) is 11.9 Å². The molecule has 0 bridgehead atoms. The van der Waals surface area contributed by atoms with Crippen molar-refractivity contribution >= 4 is 23.0 Å². The molecule has 0 aliphatic rings. The predicted octanol–water partition coefficient (Wildman–Crippen LogP) is 3.66. The van der Waals surface area contributed by atoms with Gasteiger partial charge in [-0.15, -0.1) is 0 Å². The van der Waals surface area contributed by atoms with E-state index in [4.69, 9.17) is 12.2 Å². The molecule has 2 aromatic rings. The molecule has 0 aromatic heterocycles. The van der Waals surface area contributed by atoms with Crippen LogP contribution in [0.2, 0.25) is 0 Å². The van der Waals surface area contributed by atoms with Crippen LogP contribution in [0.4, 0.5) is 10.1 Å². The van der Waals surface area contributed by atoms with Crippen molar-refractivity contribution in [3.05, 3.63) is 65.5 Å². The van der Waals surface area contributed by atoms with E-state index in [0.29, 0.717) is 17.3 Å². The van der Waals surface area contributed by atoms with E-state index in [9.17, 15) is 4.39 Å². The fraction of sp³-hybridized carbons (Fsp3) is 0.188. The quantitative estimate of drug-likeness (QED) is 0.840. The van der Waals surface area contributed by atoms with Gasteiger partial charge >= 0.3 is 0 Å². The molecule has 0 atom stereocenters. The molecule has 0 fully saturated rings. The fourth-order valence-corrected chi connectivity index (χ4v) is 2.07. The summed E-state index contributed by atoms with van der Waals surface area (Å²) in [7, 11) is 0. The second kappa shape index (κ2) is 7.01. The number of hydrogen-bond acceptors (Lipinski definition) is 1. The Labute approximate surface area is 124 Å². The Hall–Kier alpha value is -1.94. The maximum atomic E-state index is 13.6. The molecular weight excluding hydrogens is 271 g/mol. The number of aryl methyl sites for hydroxylation is 1.